The molecule has 100 valence electrons. The fourth-order valence-electron chi connectivity index (χ4n) is 1.86. The topological polar surface area (TPSA) is 64.1 Å². The molecule has 0 saturated heterocycles. The van der Waals surface area contributed by atoms with Crippen molar-refractivity contribution in [1.82, 2.24) is 9.55 Å². The number of hydrogen-bond acceptors (Lipinski definition) is 4. The first-order valence-electron chi connectivity index (χ1n) is 5.54. The summed E-state index contributed by atoms with van der Waals surface area (Å²) in [6.45, 7) is 2.32. The predicted octanol–water partition coefficient (Wildman–Crippen LogP) is 2.63. The number of fused-ring (bicyclic) bond motifs is 1. The minimum atomic E-state index is -0.471. The van der Waals surface area contributed by atoms with Crippen LogP contribution in [0, 0.1) is 4.64 Å². The van der Waals surface area contributed by atoms with Gasteiger partial charge in [0, 0.05) is 16.4 Å². The number of nitrogens with one attached hydrogen (secondary N) is 1. The number of carbonyl (C=O) groups is 1. The molecule has 0 aliphatic carbocycles. The SMILES string of the molecule is CCn1c(=O)[nH]c2cc(C(=O)OC)cc(Br)c2c1=S. The Kier molecular flexibility index (Phi) is 3.86. The zero-order valence-electron chi connectivity index (χ0n) is 10.3. The Morgan fingerprint density at radius 1 is 1.53 bits per heavy atom. The van der Waals surface area contributed by atoms with Gasteiger partial charge in [0.2, 0.25) is 0 Å². The highest BCUT2D eigenvalue weighted by molar-refractivity contribution is 9.10. The molecular weight excluding hydrogens is 332 g/mol. The molecule has 0 aliphatic heterocycles. The molecule has 2 rings (SSSR count). The number of methoxy groups -OCH3 is 1. The van der Waals surface area contributed by atoms with E-state index >= 15 is 0 Å². The Morgan fingerprint density at radius 3 is 2.79 bits per heavy atom. The van der Waals surface area contributed by atoms with E-state index in [4.69, 9.17) is 12.2 Å². The van der Waals surface area contributed by atoms with Gasteiger partial charge in [0.05, 0.1) is 18.2 Å². The number of benzene rings is 1. The number of rotatable bonds is 2. The molecular formula is C12H11BrN2O3S. The molecule has 5 nitrogen and oxygen atoms in total. The number of halogens is 1. The summed E-state index contributed by atoms with van der Waals surface area (Å²) in [5, 5.41) is 0.698. The van der Waals surface area contributed by atoms with Crippen molar-refractivity contribution in [1.29, 1.82) is 0 Å². The Bertz CT molecular complexity index is 779. The van der Waals surface area contributed by atoms with Crippen molar-refractivity contribution < 1.29 is 9.53 Å². The van der Waals surface area contributed by atoms with Crippen LogP contribution in [0.1, 0.15) is 17.3 Å². The minimum Gasteiger partial charge on any atom is -0.465 e. The molecule has 19 heavy (non-hydrogen) atoms. The molecule has 0 spiro atoms. The molecule has 7 heteroatoms. The number of ether oxygens (including phenoxy) is 1. The zero-order chi connectivity index (χ0) is 14.2. The Balaban J connectivity index is 2.89. The average molecular weight is 343 g/mol. The monoisotopic (exact) mass is 342 g/mol. The van der Waals surface area contributed by atoms with Crippen molar-refractivity contribution >= 4 is 45.0 Å². The normalized spacial score (nSPS) is 10.7. The standard InChI is InChI=1S/C12H11BrN2O3S/c1-3-15-10(19)9-7(13)4-6(11(16)18-2)5-8(9)14-12(15)17/h4-5H,3H2,1-2H3,(H,14,17). The van der Waals surface area contributed by atoms with E-state index in [1.165, 1.54) is 11.7 Å². The lowest BCUT2D eigenvalue weighted by molar-refractivity contribution is 0.0601. The van der Waals surface area contributed by atoms with Crippen molar-refractivity contribution in [3.63, 3.8) is 0 Å². The first-order valence-corrected chi connectivity index (χ1v) is 6.74. The van der Waals surface area contributed by atoms with Gasteiger partial charge in [0.15, 0.2) is 0 Å². The van der Waals surface area contributed by atoms with Crippen LogP contribution in [0.3, 0.4) is 0 Å². The van der Waals surface area contributed by atoms with Crippen LogP contribution in [0.25, 0.3) is 10.9 Å². The predicted molar refractivity (Wildman–Crippen MR) is 78.1 cm³/mol. The number of aromatic amines is 1. The summed E-state index contributed by atoms with van der Waals surface area (Å²) in [7, 11) is 1.30. The van der Waals surface area contributed by atoms with Gasteiger partial charge in [-0.05, 0) is 35.0 Å². The van der Waals surface area contributed by atoms with Crippen LogP contribution in [-0.2, 0) is 11.3 Å². The van der Waals surface area contributed by atoms with E-state index in [1.54, 1.807) is 12.1 Å². The average Bonchev–Trinajstić information content (AvgIpc) is 2.37. The van der Waals surface area contributed by atoms with E-state index in [1.807, 2.05) is 6.92 Å². The highest BCUT2D eigenvalue weighted by Gasteiger charge is 2.12. The summed E-state index contributed by atoms with van der Waals surface area (Å²) in [5.41, 5.74) is 0.560. The Labute approximate surface area is 122 Å². The lowest BCUT2D eigenvalue weighted by Crippen LogP contribution is -2.23. The number of aromatic nitrogens is 2. The number of carbonyl (C=O) groups excluding carboxylic acids is 1. The van der Waals surface area contributed by atoms with Gasteiger partial charge in [-0.1, -0.05) is 12.2 Å². The van der Waals surface area contributed by atoms with Crippen LogP contribution >= 0.6 is 28.1 Å². The van der Waals surface area contributed by atoms with Gasteiger partial charge in [0.25, 0.3) is 0 Å². The molecule has 0 aliphatic rings. The van der Waals surface area contributed by atoms with Crippen LogP contribution < -0.4 is 5.69 Å². The summed E-state index contributed by atoms with van der Waals surface area (Å²) >= 11 is 8.68. The quantitative estimate of drug-likeness (QED) is 0.673. The van der Waals surface area contributed by atoms with Gasteiger partial charge in [-0.2, -0.15) is 0 Å². The first kappa shape index (κ1) is 14.0. The summed E-state index contributed by atoms with van der Waals surface area (Å²) in [6, 6.07) is 3.19. The van der Waals surface area contributed by atoms with Crippen LogP contribution in [0.5, 0.6) is 0 Å². The lowest BCUT2D eigenvalue weighted by atomic mass is 10.1. The molecule has 0 unspecified atom stereocenters. The van der Waals surface area contributed by atoms with Crippen LogP contribution in [0.2, 0.25) is 0 Å². The third-order valence-corrected chi connectivity index (χ3v) is 3.82. The fourth-order valence-corrected chi connectivity index (χ4v) is 3.07. The third kappa shape index (κ3) is 2.35. The number of H-pyrrole nitrogens is 1. The highest BCUT2D eigenvalue weighted by atomic mass is 79.9. The van der Waals surface area contributed by atoms with Crippen molar-refractivity contribution in [3.8, 4) is 0 Å². The highest BCUT2D eigenvalue weighted by Crippen LogP contribution is 2.25. The lowest BCUT2D eigenvalue weighted by Gasteiger charge is -2.08. The van der Waals surface area contributed by atoms with Gasteiger partial charge in [-0.25, -0.2) is 9.59 Å². The molecule has 1 heterocycles. The maximum absolute atomic E-state index is 11.9. The summed E-state index contributed by atoms with van der Waals surface area (Å²) in [4.78, 5) is 26.1. The van der Waals surface area contributed by atoms with E-state index in [-0.39, 0.29) is 5.69 Å². The second kappa shape index (κ2) is 5.26. The molecule has 1 aromatic carbocycles. The summed E-state index contributed by atoms with van der Waals surface area (Å²) in [6.07, 6.45) is 0. The van der Waals surface area contributed by atoms with E-state index in [0.717, 1.165) is 0 Å². The smallest absolute Gasteiger partial charge is 0.337 e. The summed E-state index contributed by atoms with van der Waals surface area (Å²) < 4.78 is 7.20. The third-order valence-electron chi connectivity index (χ3n) is 2.77. The molecule has 0 atom stereocenters. The number of esters is 1. The van der Waals surface area contributed by atoms with Crippen LogP contribution in [0.15, 0.2) is 21.4 Å². The molecule has 1 aromatic heterocycles. The van der Waals surface area contributed by atoms with E-state index < -0.39 is 5.97 Å². The molecule has 0 bridgehead atoms. The maximum atomic E-state index is 11.9. The van der Waals surface area contributed by atoms with Crippen molar-refractivity contribution in [2.75, 3.05) is 7.11 Å². The van der Waals surface area contributed by atoms with E-state index in [2.05, 4.69) is 25.7 Å². The van der Waals surface area contributed by atoms with Crippen molar-refractivity contribution in [2.45, 2.75) is 13.5 Å². The fraction of sp³-hybridized carbons (Fsp3) is 0.250. The van der Waals surface area contributed by atoms with Gasteiger partial charge >= 0.3 is 11.7 Å². The van der Waals surface area contributed by atoms with Gasteiger partial charge in [-0.3, -0.25) is 4.57 Å². The molecule has 2 aromatic rings. The van der Waals surface area contributed by atoms with Crippen LogP contribution in [0.4, 0.5) is 0 Å². The van der Waals surface area contributed by atoms with Gasteiger partial charge in [0.1, 0.15) is 4.64 Å². The molecule has 0 saturated carbocycles. The van der Waals surface area contributed by atoms with Gasteiger partial charge < -0.3 is 9.72 Å². The summed E-state index contributed by atoms with van der Waals surface area (Å²) in [5.74, 6) is -0.471. The molecule has 0 amide bonds. The molecule has 1 N–H and O–H groups in total. The second-order valence-corrected chi connectivity index (χ2v) is 5.09. The van der Waals surface area contributed by atoms with E-state index in [9.17, 15) is 9.59 Å². The minimum absolute atomic E-state index is 0.297. The van der Waals surface area contributed by atoms with Crippen LogP contribution in [-0.4, -0.2) is 22.6 Å². The maximum Gasteiger partial charge on any atom is 0.337 e. The Morgan fingerprint density at radius 2 is 2.21 bits per heavy atom. The van der Waals surface area contributed by atoms with Gasteiger partial charge in [-0.15, -0.1) is 0 Å². The molecule has 0 fully saturated rings. The Hall–Kier alpha value is -1.47. The zero-order valence-corrected chi connectivity index (χ0v) is 12.7. The first-order chi connectivity index (χ1) is 8.99. The largest absolute Gasteiger partial charge is 0.465 e. The number of hydrogen-bond donors (Lipinski definition) is 1. The van der Waals surface area contributed by atoms with Crippen molar-refractivity contribution in [3.05, 3.63) is 37.3 Å². The second-order valence-electron chi connectivity index (χ2n) is 3.85. The van der Waals surface area contributed by atoms with E-state index in [0.29, 0.717) is 32.1 Å². The van der Waals surface area contributed by atoms with Crippen molar-refractivity contribution in [2.24, 2.45) is 0 Å². The molecule has 0 radical (unpaired) electrons. The number of nitrogens with zero attached hydrogens (tertiary/aromatic N) is 1.